The molecular weight excluding hydrogens is 565 g/mol. The smallest absolute Gasteiger partial charge is 0.318 e. The number of halogens is 4. The highest BCUT2D eigenvalue weighted by atomic mass is 35.5. The minimum atomic E-state index is -4.71. The molecule has 7 nitrogen and oxygen atoms in total. The number of carbonyl (C=O) groups excluding carboxylic acids is 1. The van der Waals surface area contributed by atoms with Crippen molar-refractivity contribution in [1.82, 2.24) is 9.99 Å². The summed E-state index contributed by atoms with van der Waals surface area (Å²) in [5.74, 6) is -0.850. The molecule has 0 spiro atoms. The second-order valence-electron chi connectivity index (χ2n) is 8.81. The van der Waals surface area contributed by atoms with E-state index in [1.807, 2.05) is 36.6 Å². The quantitative estimate of drug-likeness (QED) is 0.199. The first-order chi connectivity index (χ1) is 18.9. The van der Waals surface area contributed by atoms with E-state index in [-0.39, 0.29) is 10.6 Å². The van der Waals surface area contributed by atoms with E-state index in [4.69, 9.17) is 11.6 Å². The predicted octanol–water partition coefficient (Wildman–Crippen LogP) is 6.11. The van der Waals surface area contributed by atoms with E-state index in [1.165, 1.54) is 36.5 Å². The number of sulfonamides is 1. The maximum absolute atomic E-state index is 13.4. The molecule has 0 saturated carbocycles. The van der Waals surface area contributed by atoms with Gasteiger partial charge in [0.25, 0.3) is 15.9 Å². The average Bonchev–Trinajstić information content (AvgIpc) is 3.19. The van der Waals surface area contributed by atoms with E-state index < -0.39 is 34.2 Å². The molecule has 4 rings (SSSR count). The molecule has 1 aromatic heterocycles. The Hall–Kier alpha value is -4.09. The van der Waals surface area contributed by atoms with Crippen molar-refractivity contribution in [2.45, 2.75) is 24.9 Å². The van der Waals surface area contributed by atoms with Crippen LogP contribution in [0.25, 0.3) is 5.69 Å². The molecule has 0 fully saturated rings. The number of benzene rings is 3. The summed E-state index contributed by atoms with van der Waals surface area (Å²) in [5, 5.41) is 4.53. The first-order valence-electron chi connectivity index (χ1n) is 11.9. The molecule has 12 heteroatoms. The van der Waals surface area contributed by atoms with Gasteiger partial charge in [0.15, 0.2) is 0 Å². The lowest BCUT2D eigenvalue weighted by molar-refractivity contribution is -0.137. The van der Waals surface area contributed by atoms with Crippen LogP contribution in [-0.4, -0.2) is 31.7 Å². The Morgan fingerprint density at radius 2 is 1.70 bits per heavy atom. The van der Waals surface area contributed by atoms with Gasteiger partial charge in [0.05, 0.1) is 22.4 Å². The van der Waals surface area contributed by atoms with E-state index in [2.05, 4.69) is 10.5 Å². The van der Waals surface area contributed by atoms with Crippen molar-refractivity contribution in [3.05, 3.63) is 112 Å². The fourth-order valence-electron chi connectivity index (χ4n) is 4.14. The summed E-state index contributed by atoms with van der Waals surface area (Å²) in [6, 6.07) is 20.0. The molecule has 0 aliphatic rings. The van der Waals surface area contributed by atoms with Gasteiger partial charge < -0.3 is 4.57 Å². The van der Waals surface area contributed by atoms with Gasteiger partial charge >= 0.3 is 6.18 Å². The van der Waals surface area contributed by atoms with Gasteiger partial charge in [0.2, 0.25) is 0 Å². The fourth-order valence-corrected chi connectivity index (χ4v) is 5.76. The number of rotatable bonds is 8. The molecular formula is C28H24ClF3N4O3S. The third-order valence-corrected chi connectivity index (χ3v) is 8.03. The van der Waals surface area contributed by atoms with Crippen molar-refractivity contribution in [3.8, 4) is 5.69 Å². The summed E-state index contributed by atoms with van der Waals surface area (Å²) in [5.41, 5.74) is 4.14. The third kappa shape index (κ3) is 6.37. The zero-order valence-electron chi connectivity index (χ0n) is 21.4. The second-order valence-corrected chi connectivity index (χ2v) is 11.1. The Bertz CT molecular complexity index is 1670. The normalized spacial score (nSPS) is 12.1. The minimum absolute atomic E-state index is 0.183. The number of alkyl halides is 3. The number of anilines is 1. The molecule has 0 saturated heterocycles. The molecule has 1 heterocycles. The van der Waals surface area contributed by atoms with Gasteiger partial charge in [-0.2, -0.15) is 18.3 Å². The van der Waals surface area contributed by atoms with Crippen LogP contribution in [0, 0.1) is 13.8 Å². The van der Waals surface area contributed by atoms with E-state index in [9.17, 15) is 26.4 Å². The number of aryl methyl sites for hydroxylation is 1. The van der Waals surface area contributed by atoms with Crippen LogP contribution >= 0.6 is 11.6 Å². The summed E-state index contributed by atoms with van der Waals surface area (Å²) in [4.78, 5) is 12.6. The van der Waals surface area contributed by atoms with Gasteiger partial charge in [-0.15, -0.1) is 0 Å². The molecule has 40 heavy (non-hydrogen) atoms. The minimum Gasteiger partial charge on any atom is -0.318 e. The van der Waals surface area contributed by atoms with Gasteiger partial charge in [-0.3, -0.25) is 9.10 Å². The number of nitrogens with one attached hydrogen (secondary N) is 1. The van der Waals surface area contributed by atoms with Crippen LogP contribution in [0.1, 0.15) is 22.5 Å². The Labute approximate surface area is 234 Å². The second kappa shape index (κ2) is 11.6. The van der Waals surface area contributed by atoms with Crippen molar-refractivity contribution in [2.24, 2.45) is 5.10 Å². The van der Waals surface area contributed by atoms with Gasteiger partial charge in [0.1, 0.15) is 6.54 Å². The van der Waals surface area contributed by atoms with Crippen molar-refractivity contribution in [3.63, 3.8) is 0 Å². The monoisotopic (exact) mass is 588 g/mol. The van der Waals surface area contributed by atoms with Crippen LogP contribution in [-0.2, 0) is 21.0 Å². The van der Waals surface area contributed by atoms with Crippen molar-refractivity contribution in [1.29, 1.82) is 0 Å². The topological polar surface area (TPSA) is 83.8 Å². The van der Waals surface area contributed by atoms with Crippen molar-refractivity contribution >= 4 is 39.4 Å². The van der Waals surface area contributed by atoms with E-state index in [0.717, 1.165) is 29.2 Å². The van der Waals surface area contributed by atoms with E-state index >= 15 is 0 Å². The van der Waals surface area contributed by atoms with Gasteiger partial charge in [0, 0.05) is 27.7 Å². The number of carbonyl (C=O) groups is 1. The van der Waals surface area contributed by atoms with Crippen LogP contribution < -0.4 is 9.73 Å². The first kappa shape index (κ1) is 28.9. The van der Waals surface area contributed by atoms with Crippen LogP contribution in [0.4, 0.5) is 18.9 Å². The molecule has 0 unspecified atom stereocenters. The zero-order valence-corrected chi connectivity index (χ0v) is 22.9. The predicted molar refractivity (Wildman–Crippen MR) is 148 cm³/mol. The summed E-state index contributed by atoms with van der Waals surface area (Å²) in [6.07, 6.45) is -3.30. The van der Waals surface area contributed by atoms with E-state index in [1.54, 1.807) is 18.2 Å². The number of hydrogen-bond donors (Lipinski definition) is 1. The number of hydrogen-bond acceptors (Lipinski definition) is 4. The van der Waals surface area contributed by atoms with Gasteiger partial charge in [-0.1, -0.05) is 41.9 Å². The molecule has 0 aliphatic heterocycles. The lowest BCUT2D eigenvalue weighted by Gasteiger charge is -2.24. The zero-order chi connectivity index (χ0) is 29.1. The fraction of sp³-hybridized carbons (Fsp3) is 0.143. The first-order valence-corrected chi connectivity index (χ1v) is 13.7. The SMILES string of the molecule is Cc1cc(/C=N\NC(=O)CN(c2cccc(C(F)(F)F)c2)S(=O)(=O)c2ccccc2)c(C)n1-c1cccc(Cl)c1. The van der Waals surface area contributed by atoms with Crippen molar-refractivity contribution < 1.29 is 26.4 Å². The molecule has 4 aromatic rings. The maximum Gasteiger partial charge on any atom is 0.416 e. The van der Waals surface area contributed by atoms with Crippen LogP contribution in [0.2, 0.25) is 5.02 Å². The number of amides is 1. The van der Waals surface area contributed by atoms with Crippen LogP contribution in [0.5, 0.6) is 0 Å². The molecule has 3 aromatic carbocycles. The molecule has 0 radical (unpaired) electrons. The summed E-state index contributed by atoms with van der Waals surface area (Å²) >= 11 is 6.12. The summed E-state index contributed by atoms with van der Waals surface area (Å²) in [7, 11) is -4.39. The highest BCUT2D eigenvalue weighted by Crippen LogP contribution is 2.33. The summed E-state index contributed by atoms with van der Waals surface area (Å²) in [6.45, 7) is 2.95. The summed E-state index contributed by atoms with van der Waals surface area (Å²) < 4.78 is 69.4. The molecule has 0 atom stereocenters. The molecule has 1 N–H and O–H groups in total. The average molecular weight is 589 g/mol. The number of nitrogens with zero attached hydrogens (tertiary/aromatic N) is 3. The standard InChI is InChI=1S/C28H24ClF3N4O3S/c1-19-14-21(20(2)36(19)25-11-7-9-23(29)16-25)17-33-34-27(37)18-35(40(38,39)26-12-4-3-5-13-26)24-10-6-8-22(15-24)28(30,31)32/h3-17H,18H2,1-2H3,(H,34,37)/b33-17-. The Morgan fingerprint density at radius 3 is 2.38 bits per heavy atom. The highest BCUT2D eigenvalue weighted by molar-refractivity contribution is 7.92. The molecule has 0 aliphatic carbocycles. The van der Waals surface area contributed by atoms with E-state index in [0.29, 0.717) is 21.0 Å². The lowest BCUT2D eigenvalue weighted by Crippen LogP contribution is -2.39. The van der Waals surface area contributed by atoms with Gasteiger partial charge in [-0.05, 0) is 68.4 Å². The van der Waals surface area contributed by atoms with Crippen LogP contribution in [0.15, 0.2) is 94.9 Å². The largest absolute Gasteiger partial charge is 0.416 e. The van der Waals surface area contributed by atoms with Crippen molar-refractivity contribution in [2.75, 3.05) is 10.8 Å². The number of aromatic nitrogens is 1. The highest BCUT2D eigenvalue weighted by Gasteiger charge is 2.33. The van der Waals surface area contributed by atoms with Crippen LogP contribution in [0.3, 0.4) is 0 Å². The Balaban J connectivity index is 1.59. The third-order valence-electron chi connectivity index (χ3n) is 6.01. The maximum atomic E-state index is 13.4. The Morgan fingerprint density at radius 1 is 1.00 bits per heavy atom. The van der Waals surface area contributed by atoms with Gasteiger partial charge in [-0.25, -0.2) is 13.8 Å². The molecule has 208 valence electrons. The molecule has 1 amide bonds. The Kier molecular flexibility index (Phi) is 8.36. The number of hydrazone groups is 1. The molecule has 0 bridgehead atoms. The lowest BCUT2D eigenvalue weighted by atomic mass is 10.2.